The van der Waals surface area contributed by atoms with Gasteiger partial charge in [0.1, 0.15) is 23.7 Å². The van der Waals surface area contributed by atoms with Crippen molar-refractivity contribution in [2.75, 3.05) is 21.3 Å². The van der Waals surface area contributed by atoms with Crippen molar-refractivity contribution in [2.24, 2.45) is 0 Å². The summed E-state index contributed by atoms with van der Waals surface area (Å²) in [6.45, 7) is -0.135. The summed E-state index contributed by atoms with van der Waals surface area (Å²) in [4.78, 5) is 25.6. The first-order valence-corrected chi connectivity index (χ1v) is 11.4. The maximum absolute atomic E-state index is 14.2. The number of halogens is 2. The van der Waals surface area contributed by atoms with Gasteiger partial charge in [0.05, 0.1) is 32.0 Å². The van der Waals surface area contributed by atoms with Gasteiger partial charge in [-0.1, -0.05) is 35.9 Å². The monoisotopic (exact) mass is 524 g/mol. The van der Waals surface area contributed by atoms with Crippen LogP contribution in [0.4, 0.5) is 4.39 Å². The third-order valence-corrected chi connectivity index (χ3v) is 5.88. The minimum absolute atomic E-state index is 0.0768. The van der Waals surface area contributed by atoms with Crippen molar-refractivity contribution in [1.82, 2.24) is 9.78 Å². The van der Waals surface area contributed by atoms with E-state index in [9.17, 15) is 14.0 Å². The highest BCUT2D eigenvalue weighted by Gasteiger charge is 2.31. The van der Waals surface area contributed by atoms with E-state index in [1.165, 1.54) is 38.1 Å². The lowest BCUT2D eigenvalue weighted by Gasteiger charge is -2.13. The predicted molar refractivity (Wildman–Crippen MR) is 134 cm³/mol. The van der Waals surface area contributed by atoms with Gasteiger partial charge in [-0.15, -0.1) is 0 Å². The number of methoxy groups -OCH3 is 3. The molecule has 4 rings (SSSR count). The molecule has 0 fully saturated rings. The number of rotatable bonds is 8. The van der Waals surface area contributed by atoms with E-state index >= 15 is 0 Å². The molecule has 0 N–H and O–H groups in total. The molecule has 4 aromatic rings. The van der Waals surface area contributed by atoms with E-state index in [0.29, 0.717) is 17.0 Å². The van der Waals surface area contributed by atoms with Gasteiger partial charge >= 0.3 is 11.9 Å². The van der Waals surface area contributed by atoms with Crippen LogP contribution in [0.3, 0.4) is 0 Å². The average molecular weight is 525 g/mol. The zero-order valence-corrected chi connectivity index (χ0v) is 20.9. The van der Waals surface area contributed by atoms with Crippen LogP contribution in [0, 0.1) is 5.82 Å². The normalized spacial score (nSPS) is 10.6. The minimum Gasteiger partial charge on any atom is -0.493 e. The fraction of sp³-hybridized carbons (Fsp3) is 0.148. The molecule has 10 heteroatoms. The lowest BCUT2D eigenvalue weighted by Crippen LogP contribution is -2.15. The Morgan fingerprint density at radius 3 is 2.30 bits per heavy atom. The van der Waals surface area contributed by atoms with Gasteiger partial charge in [-0.2, -0.15) is 5.10 Å². The molecule has 0 aliphatic rings. The number of carbonyl (C=O) groups is 2. The molecule has 1 heterocycles. The Morgan fingerprint density at radius 2 is 1.65 bits per heavy atom. The molecule has 3 aromatic carbocycles. The number of ether oxygens (including phenoxy) is 4. The highest BCUT2D eigenvalue weighted by molar-refractivity contribution is 6.31. The number of benzene rings is 3. The molecular weight excluding hydrogens is 503 g/mol. The van der Waals surface area contributed by atoms with Gasteiger partial charge in [-0.3, -0.25) is 0 Å². The Kier molecular flexibility index (Phi) is 7.74. The van der Waals surface area contributed by atoms with Crippen molar-refractivity contribution < 1.29 is 32.9 Å². The Hall–Kier alpha value is -4.37. The van der Waals surface area contributed by atoms with Gasteiger partial charge in [0.25, 0.3) is 0 Å². The van der Waals surface area contributed by atoms with E-state index < -0.39 is 17.8 Å². The van der Waals surface area contributed by atoms with E-state index in [1.807, 2.05) is 6.07 Å². The van der Waals surface area contributed by atoms with Crippen LogP contribution in [0.25, 0.3) is 16.9 Å². The van der Waals surface area contributed by atoms with Crippen LogP contribution < -0.4 is 9.47 Å². The van der Waals surface area contributed by atoms with Gasteiger partial charge in [0.2, 0.25) is 0 Å². The second-order valence-electron chi connectivity index (χ2n) is 7.66. The summed E-state index contributed by atoms with van der Waals surface area (Å²) in [6.07, 6.45) is 0. The smallest absolute Gasteiger partial charge is 0.357 e. The number of esters is 2. The minimum atomic E-state index is -0.772. The summed E-state index contributed by atoms with van der Waals surface area (Å²) >= 11 is 6.10. The number of carbonyl (C=O) groups excluding carboxylic acids is 2. The molecule has 0 atom stereocenters. The second-order valence-corrected chi connectivity index (χ2v) is 8.06. The maximum Gasteiger partial charge on any atom is 0.357 e. The van der Waals surface area contributed by atoms with Crippen molar-refractivity contribution in [2.45, 2.75) is 6.61 Å². The first kappa shape index (κ1) is 25.7. The fourth-order valence-electron chi connectivity index (χ4n) is 3.71. The summed E-state index contributed by atoms with van der Waals surface area (Å²) in [6, 6.07) is 18.0. The third-order valence-electron chi connectivity index (χ3n) is 5.53. The maximum atomic E-state index is 14.2. The van der Waals surface area contributed by atoms with Crippen LogP contribution in [0.15, 0.2) is 66.7 Å². The molecule has 0 saturated heterocycles. The molecule has 0 aliphatic heterocycles. The zero-order chi connectivity index (χ0) is 26.5. The van der Waals surface area contributed by atoms with E-state index in [-0.39, 0.29) is 39.9 Å². The Morgan fingerprint density at radius 1 is 0.919 bits per heavy atom. The quantitative estimate of drug-likeness (QED) is 0.281. The molecule has 0 spiro atoms. The van der Waals surface area contributed by atoms with Crippen LogP contribution >= 0.6 is 11.6 Å². The van der Waals surface area contributed by atoms with Gasteiger partial charge < -0.3 is 18.9 Å². The van der Waals surface area contributed by atoms with E-state index in [1.54, 1.807) is 48.5 Å². The number of para-hydroxylation sites is 1. The van der Waals surface area contributed by atoms with Crippen molar-refractivity contribution in [1.29, 1.82) is 0 Å². The molecule has 0 radical (unpaired) electrons. The molecule has 0 unspecified atom stereocenters. The summed E-state index contributed by atoms with van der Waals surface area (Å²) in [5.74, 6) is -1.44. The predicted octanol–water partition coefficient (Wildman–Crippen LogP) is 5.49. The standard InChI is InChI=1S/C27H22ClFN2O6/c1-34-22-14-16(12-13-21(22)37-15-18-19(28)10-7-11-20(18)29)24-23(26(32)35-2)25(27(33)36-3)31(30-24)17-8-5-4-6-9-17/h4-14H,15H2,1-3H3. The molecule has 0 bridgehead atoms. The van der Waals surface area contributed by atoms with Crippen LogP contribution in [0.5, 0.6) is 11.5 Å². The topological polar surface area (TPSA) is 88.9 Å². The van der Waals surface area contributed by atoms with Crippen molar-refractivity contribution in [3.8, 4) is 28.4 Å². The molecule has 0 saturated carbocycles. The van der Waals surface area contributed by atoms with Gasteiger partial charge in [-0.05, 0) is 42.5 Å². The summed E-state index contributed by atoms with van der Waals surface area (Å²) in [5.41, 5.74) is 1.17. The van der Waals surface area contributed by atoms with E-state index in [4.69, 9.17) is 30.5 Å². The van der Waals surface area contributed by atoms with Crippen molar-refractivity contribution in [3.63, 3.8) is 0 Å². The number of aromatic nitrogens is 2. The van der Waals surface area contributed by atoms with Crippen LogP contribution in [0.2, 0.25) is 5.02 Å². The molecule has 1 aromatic heterocycles. The zero-order valence-electron chi connectivity index (χ0n) is 20.2. The highest BCUT2D eigenvalue weighted by atomic mass is 35.5. The first-order chi connectivity index (χ1) is 17.9. The lowest BCUT2D eigenvalue weighted by atomic mass is 10.0. The van der Waals surface area contributed by atoms with Gasteiger partial charge in [0.15, 0.2) is 17.2 Å². The highest BCUT2D eigenvalue weighted by Crippen LogP contribution is 2.36. The molecule has 8 nitrogen and oxygen atoms in total. The summed E-state index contributed by atoms with van der Waals surface area (Å²) in [5, 5.41) is 4.80. The molecule has 37 heavy (non-hydrogen) atoms. The Bertz CT molecular complexity index is 1430. The van der Waals surface area contributed by atoms with E-state index in [0.717, 1.165) is 0 Å². The van der Waals surface area contributed by atoms with Crippen LogP contribution in [-0.2, 0) is 16.1 Å². The number of nitrogens with zero attached hydrogens (tertiary/aromatic N) is 2. The Labute approximate surface area is 217 Å². The van der Waals surface area contributed by atoms with Crippen molar-refractivity contribution in [3.05, 3.63) is 94.4 Å². The average Bonchev–Trinajstić information content (AvgIpc) is 3.33. The molecule has 0 aliphatic carbocycles. The van der Waals surface area contributed by atoms with Crippen molar-refractivity contribution >= 4 is 23.5 Å². The molecular formula is C27H22ClFN2O6. The number of hydrogen-bond donors (Lipinski definition) is 0. The van der Waals surface area contributed by atoms with E-state index in [2.05, 4.69) is 5.10 Å². The van der Waals surface area contributed by atoms with Gasteiger partial charge in [0, 0.05) is 11.1 Å². The molecule has 0 amide bonds. The first-order valence-electron chi connectivity index (χ1n) is 11.0. The van der Waals surface area contributed by atoms with Crippen LogP contribution in [0.1, 0.15) is 26.4 Å². The molecule has 190 valence electrons. The number of hydrogen-bond acceptors (Lipinski definition) is 7. The summed E-state index contributed by atoms with van der Waals surface area (Å²) < 4.78 is 36.7. The summed E-state index contributed by atoms with van der Waals surface area (Å²) in [7, 11) is 3.85. The lowest BCUT2D eigenvalue weighted by molar-refractivity contribution is 0.0549. The van der Waals surface area contributed by atoms with Crippen LogP contribution in [-0.4, -0.2) is 43.0 Å². The van der Waals surface area contributed by atoms with Gasteiger partial charge in [-0.25, -0.2) is 18.7 Å². The largest absolute Gasteiger partial charge is 0.493 e. The SMILES string of the molecule is COC(=O)c1c(-c2ccc(OCc3c(F)cccc3Cl)c(OC)c2)nn(-c2ccccc2)c1C(=O)OC. The third kappa shape index (κ3) is 5.12. The fourth-order valence-corrected chi connectivity index (χ4v) is 3.93. The second kappa shape index (κ2) is 11.1. The Balaban J connectivity index is 1.81.